The molecule has 1 saturated heterocycles. The first-order valence-corrected chi connectivity index (χ1v) is 6.45. The van der Waals surface area contributed by atoms with Crippen LogP contribution in [0.15, 0.2) is 23.5 Å². The minimum Gasteiger partial charge on any atom is -0.391 e. The number of ketones is 1. The molecule has 0 aliphatic carbocycles. The summed E-state index contributed by atoms with van der Waals surface area (Å²) in [6, 6.07) is -0.185. The van der Waals surface area contributed by atoms with Crippen LogP contribution in [0.1, 0.15) is 34.1 Å². The molecule has 3 atom stereocenters. The zero-order valence-electron chi connectivity index (χ0n) is 11.7. The molecule has 0 aromatic carbocycles. The number of nitrogens with one attached hydrogen (secondary N) is 1. The van der Waals surface area contributed by atoms with Crippen LogP contribution in [-0.4, -0.2) is 39.4 Å². The molecule has 2 heterocycles. The number of carbonyl (C=O) groups excluding carboxylic acids is 2. The van der Waals surface area contributed by atoms with Crippen LogP contribution in [0.3, 0.4) is 0 Å². The van der Waals surface area contributed by atoms with E-state index in [0.29, 0.717) is 12.2 Å². The number of carbonyl (C=O) groups is 2. The highest BCUT2D eigenvalue weighted by molar-refractivity contribution is 6.02. The maximum atomic E-state index is 12.1. The van der Waals surface area contributed by atoms with Crippen LogP contribution in [0.5, 0.6) is 0 Å². The molecule has 2 N–H and O–H groups in total. The van der Waals surface area contributed by atoms with E-state index in [1.54, 1.807) is 6.92 Å². The normalized spacial score (nSPS) is 33.0. The predicted molar refractivity (Wildman–Crippen MR) is 71.0 cm³/mol. The van der Waals surface area contributed by atoms with Crippen molar-refractivity contribution in [3.63, 3.8) is 0 Å². The molecule has 0 bridgehead atoms. The molecule has 104 valence electrons. The van der Waals surface area contributed by atoms with E-state index in [-0.39, 0.29) is 17.7 Å². The summed E-state index contributed by atoms with van der Waals surface area (Å²) in [5.41, 5.74) is 0.159. The average Bonchev–Trinajstić information content (AvgIpc) is 2.61. The molecule has 19 heavy (non-hydrogen) atoms. The number of hydrogen-bond donors (Lipinski definition) is 2. The van der Waals surface area contributed by atoms with Crippen molar-refractivity contribution in [2.45, 2.75) is 51.8 Å². The molecule has 2 rings (SSSR count). The van der Waals surface area contributed by atoms with Crippen LogP contribution in [-0.2, 0) is 9.59 Å². The second-order valence-corrected chi connectivity index (χ2v) is 5.76. The number of nitrogens with zero attached hydrogens (tertiary/aromatic N) is 1. The molecule has 1 fully saturated rings. The largest absolute Gasteiger partial charge is 0.391 e. The molecule has 5 heteroatoms. The number of aliphatic hydroxyl groups excluding tert-OH is 1. The maximum Gasteiger partial charge on any atom is 0.249 e. The van der Waals surface area contributed by atoms with Crippen LogP contribution in [0.4, 0.5) is 0 Å². The molecular weight excluding hydrogens is 244 g/mol. The van der Waals surface area contributed by atoms with E-state index in [2.05, 4.69) is 5.32 Å². The van der Waals surface area contributed by atoms with Gasteiger partial charge in [0.2, 0.25) is 5.91 Å². The minimum absolute atomic E-state index is 0.0663. The summed E-state index contributed by atoms with van der Waals surface area (Å²) < 4.78 is 0. The van der Waals surface area contributed by atoms with Gasteiger partial charge in [-0.15, -0.1) is 0 Å². The van der Waals surface area contributed by atoms with Crippen LogP contribution in [0.25, 0.3) is 0 Å². The number of amides is 1. The third kappa shape index (κ3) is 2.18. The number of hydrogen-bond acceptors (Lipinski definition) is 4. The summed E-state index contributed by atoms with van der Waals surface area (Å²) in [7, 11) is 0. The lowest BCUT2D eigenvalue weighted by atomic mass is 9.95. The monoisotopic (exact) mass is 264 g/mol. The number of aliphatic hydroxyl groups is 1. The summed E-state index contributed by atoms with van der Waals surface area (Å²) in [5, 5.41) is 12.7. The van der Waals surface area contributed by atoms with Gasteiger partial charge in [-0.2, -0.15) is 0 Å². The van der Waals surface area contributed by atoms with E-state index in [0.717, 1.165) is 5.57 Å². The maximum absolute atomic E-state index is 12.1. The van der Waals surface area contributed by atoms with Crippen molar-refractivity contribution in [3.05, 3.63) is 23.5 Å². The van der Waals surface area contributed by atoms with E-state index in [4.69, 9.17) is 0 Å². The zero-order valence-corrected chi connectivity index (χ0v) is 11.7. The fourth-order valence-electron chi connectivity index (χ4n) is 2.87. The summed E-state index contributed by atoms with van der Waals surface area (Å²) in [6.45, 7) is 7.33. The number of fused-ring (bicyclic) bond motifs is 1. The second-order valence-electron chi connectivity index (χ2n) is 5.76. The van der Waals surface area contributed by atoms with Gasteiger partial charge in [-0.3, -0.25) is 9.59 Å². The van der Waals surface area contributed by atoms with Crippen LogP contribution in [0.2, 0.25) is 0 Å². The highest BCUT2D eigenvalue weighted by Gasteiger charge is 2.54. The predicted octanol–water partition coefficient (Wildman–Crippen LogP) is 0.707. The Bertz CT molecular complexity index is 491. The minimum atomic E-state index is -0.730. The number of allylic oxidation sites excluding steroid dienone is 1. The Balaban J connectivity index is 2.24. The third-order valence-corrected chi connectivity index (χ3v) is 3.83. The summed E-state index contributed by atoms with van der Waals surface area (Å²) in [5.74, 6) is 0.166. The Morgan fingerprint density at radius 2 is 2.21 bits per heavy atom. The van der Waals surface area contributed by atoms with Gasteiger partial charge in [0, 0.05) is 18.6 Å². The van der Waals surface area contributed by atoms with Gasteiger partial charge in [0.25, 0.3) is 0 Å². The van der Waals surface area contributed by atoms with Crippen LogP contribution < -0.4 is 5.32 Å². The molecule has 2 aliphatic heterocycles. The smallest absolute Gasteiger partial charge is 0.249 e. The van der Waals surface area contributed by atoms with E-state index in [1.165, 1.54) is 12.2 Å². The third-order valence-electron chi connectivity index (χ3n) is 3.83. The average molecular weight is 264 g/mol. The van der Waals surface area contributed by atoms with Crippen molar-refractivity contribution in [2.75, 3.05) is 0 Å². The molecule has 0 radical (unpaired) electrons. The fourth-order valence-corrected chi connectivity index (χ4v) is 2.87. The lowest BCUT2D eigenvalue weighted by molar-refractivity contribution is -0.122. The van der Waals surface area contributed by atoms with Crippen molar-refractivity contribution >= 4 is 11.7 Å². The van der Waals surface area contributed by atoms with Gasteiger partial charge in [-0.05, 0) is 27.7 Å². The zero-order chi connectivity index (χ0) is 14.4. The van der Waals surface area contributed by atoms with Gasteiger partial charge >= 0.3 is 0 Å². The first-order valence-electron chi connectivity index (χ1n) is 6.45. The Labute approximate surface area is 113 Å². The quantitative estimate of drug-likeness (QED) is 0.721. The lowest BCUT2D eigenvalue weighted by Gasteiger charge is -2.33. The van der Waals surface area contributed by atoms with Gasteiger partial charge in [-0.25, -0.2) is 0 Å². The molecular formula is C14H20N2O3. The Hall–Kier alpha value is -1.62. The first kappa shape index (κ1) is 13.8. The van der Waals surface area contributed by atoms with Crippen molar-refractivity contribution in [3.8, 4) is 0 Å². The molecule has 0 unspecified atom stereocenters. The SMILES string of the molecule is CC(C)=CC(=O)NC1=CC(=O)[C@@]2(C)C[C@@H](O)[C@@H](C)N12. The summed E-state index contributed by atoms with van der Waals surface area (Å²) in [4.78, 5) is 25.7. The molecule has 5 nitrogen and oxygen atoms in total. The summed E-state index contributed by atoms with van der Waals surface area (Å²) >= 11 is 0. The molecule has 0 spiro atoms. The molecule has 0 saturated carbocycles. The van der Waals surface area contributed by atoms with Crippen molar-refractivity contribution < 1.29 is 14.7 Å². The topological polar surface area (TPSA) is 69.6 Å². The standard InChI is InChI=1S/C14H20N2O3/c1-8(2)5-13(19)15-12-6-11(18)14(4)7-10(17)9(3)16(12)14/h5-6,9-10,17H,7H2,1-4H3,(H,15,19)/t9-,10-,14-/m1/s1. The van der Waals surface area contributed by atoms with Gasteiger partial charge in [0.1, 0.15) is 11.4 Å². The fraction of sp³-hybridized carbons (Fsp3) is 0.571. The second kappa shape index (κ2) is 4.49. The van der Waals surface area contributed by atoms with Crippen molar-refractivity contribution in [1.29, 1.82) is 0 Å². The van der Waals surface area contributed by atoms with Crippen LogP contribution >= 0.6 is 0 Å². The van der Waals surface area contributed by atoms with Crippen molar-refractivity contribution in [1.82, 2.24) is 10.2 Å². The molecule has 1 amide bonds. The lowest BCUT2D eigenvalue weighted by Crippen LogP contribution is -2.47. The Morgan fingerprint density at radius 1 is 1.58 bits per heavy atom. The molecule has 0 aromatic heterocycles. The first-order chi connectivity index (χ1) is 8.75. The molecule has 0 aromatic rings. The van der Waals surface area contributed by atoms with Gasteiger partial charge < -0.3 is 15.3 Å². The molecule has 2 aliphatic rings. The van der Waals surface area contributed by atoms with E-state index in [9.17, 15) is 14.7 Å². The van der Waals surface area contributed by atoms with E-state index in [1.807, 2.05) is 25.7 Å². The van der Waals surface area contributed by atoms with Crippen LogP contribution in [0, 0.1) is 0 Å². The Kier molecular flexibility index (Phi) is 3.26. The van der Waals surface area contributed by atoms with E-state index >= 15 is 0 Å². The Morgan fingerprint density at radius 3 is 2.79 bits per heavy atom. The summed E-state index contributed by atoms with van der Waals surface area (Å²) in [6.07, 6.45) is 2.78. The van der Waals surface area contributed by atoms with Crippen molar-refractivity contribution in [2.24, 2.45) is 0 Å². The van der Waals surface area contributed by atoms with Gasteiger partial charge in [0.15, 0.2) is 5.78 Å². The number of rotatable bonds is 2. The van der Waals surface area contributed by atoms with Gasteiger partial charge in [0.05, 0.1) is 12.1 Å². The van der Waals surface area contributed by atoms with E-state index < -0.39 is 11.6 Å². The highest BCUT2D eigenvalue weighted by Crippen LogP contribution is 2.41. The highest BCUT2D eigenvalue weighted by atomic mass is 16.3. The van der Waals surface area contributed by atoms with Gasteiger partial charge in [-0.1, -0.05) is 5.57 Å².